The lowest BCUT2D eigenvalue weighted by atomic mass is 9.89. The van der Waals surface area contributed by atoms with Crippen LogP contribution in [0.2, 0.25) is 0 Å². The maximum atomic E-state index is 14.5. The van der Waals surface area contributed by atoms with Crippen molar-refractivity contribution < 1.29 is 26.4 Å². The van der Waals surface area contributed by atoms with Gasteiger partial charge in [0.2, 0.25) is 15.9 Å². The molecule has 1 aliphatic rings. The van der Waals surface area contributed by atoms with Crippen LogP contribution >= 0.6 is 0 Å². The maximum Gasteiger partial charge on any atom is 0.416 e. The van der Waals surface area contributed by atoms with Crippen molar-refractivity contribution in [1.82, 2.24) is 4.31 Å². The first kappa shape index (κ1) is 28.3. The van der Waals surface area contributed by atoms with E-state index in [-0.39, 0.29) is 17.0 Å². The molecule has 0 bridgehead atoms. The number of anilines is 2. The monoisotopic (exact) mass is 576 g/mol. The lowest BCUT2D eigenvalue weighted by Crippen LogP contribution is -2.38. The number of alkyl halides is 3. The molecule has 9 heteroatoms. The molecule has 0 spiro atoms. The smallest absolute Gasteiger partial charge is 0.280 e. The second-order valence-corrected chi connectivity index (χ2v) is 11.8. The molecule has 0 unspecified atom stereocenters. The SMILES string of the molecule is C=C1CN(S(=O)(=O)c2ccc(C)cc2)[C@@H](c2ccc(C(F)(F)F)cc2)[C@H]1C(=O)N(c1ccccc1)c1ccccc1. The highest BCUT2D eigenvalue weighted by atomic mass is 32.2. The van der Waals surface area contributed by atoms with Crippen LogP contribution in [0, 0.1) is 12.8 Å². The Morgan fingerprint density at radius 2 is 1.34 bits per heavy atom. The molecule has 210 valence electrons. The van der Waals surface area contributed by atoms with Crippen molar-refractivity contribution in [2.75, 3.05) is 11.4 Å². The number of benzene rings is 4. The number of rotatable bonds is 6. The van der Waals surface area contributed by atoms with Gasteiger partial charge in [0.1, 0.15) is 0 Å². The zero-order chi connectivity index (χ0) is 29.4. The summed E-state index contributed by atoms with van der Waals surface area (Å²) in [5, 5.41) is 0. The fourth-order valence-electron chi connectivity index (χ4n) is 5.10. The average Bonchev–Trinajstić information content (AvgIpc) is 3.32. The van der Waals surface area contributed by atoms with Crippen molar-refractivity contribution >= 4 is 27.3 Å². The van der Waals surface area contributed by atoms with E-state index < -0.39 is 39.6 Å². The van der Waals surface area contributed by atoms with Gasteiger partial charge < -0.3 is 0 Å². The molecular weight excluding hydrogens is 549 g/mol. The standard InChI is InChI=1S/C32H27F3N2O3S/c1-22-13-19-28(20-14-22)41(39,40)36-21-23(2)29(30(36)24-15-17-25(18-16-24)32(33,34)35)31(38)37(26-9-5-3-6-10-26)27-11-7-4-8-12-27/h3-20,29-30H,2,21H2,1H3/t29-,30-/m0/s1. The van der Waals surface area contributed by atoms with Crippen molar-refractivity contribution in [3.05, 3.63) is 138 Å². The highest BCUT2D eigenvalue weighted by molar-refractivity contribution is 7.89. The van der Waals surface area contributed by atoms with Gasteiger partial charge in [-0.15, -0.1) is 0 Å². The Balaban J connectivity index is 1.65. The molecule has 1 heterocycles. The summed E-state index contributed by atoms with van der Waals surface area (Å²) in [6.45, 7) is 5.75. The number of hydrogen-bond acceptors (Lipinski definition) is 3. The molecule has 1 aliphatic heterocycles. The van der Waals surface area contributed by atoms with Crippen LogP contribution in [0.3, 0.4) is 0 Å². The van der Waals surface area contributed by atoms with E-state index in [0.29, 0.717) is 16.9 Å². The van der Waals surface area contributed by atoms with Gasteiger partial charge in [-0.05, 0) is 66.6 Å². The van der Waals surface area contributed by atoms with E-state index in [1.54, 1.807) is 60.7 Å². The van der Waals surface area contributed by atoms with Crippen molar-refractivity contribution in [3.63, 3.8) is 0 Å². The van der Waals surface area contributed by atoms with Crippen molar-refractivity contribution in [2.45, 2.75) is 24.0 Å². The fourth-order valence-corrected chi connectivity index (χ4v) is 6.73. The maximum absolute atomic E-state index is 14.5. The second-order valence-electron chi connectivity index (χ2n) is 9.91. The molecule has 5 nitrogen and oxygen atoms in total. The second kappa shape index (κ2) is 11.0. The fraction of sp³-hybridized carbons (Fsp3) is 0.156. The van der Waals surface area contributed by atoms with Crippen LogP contribution < -0.4 is 4.90 Å². The van der Waals surface area contributed by atoms with E-state index >= 15 is 0 Å². The minimum absolute atomic E-state index is 0.0175. The Bertz CT molecular complexity index is 1620. The molecular formula is C32H27F3N2O3S. The van der Waals surface area contributed by atoms with E-state index in [2.05, 4.69) is 6.58 Å². The summed E-state index contributed by atoms with van der Waals surface area (Å²) < 4.78 is 69.2. The van der Waals surface area contributed by atoms with Gasteiger partial charge in [0.15, 0.2) is 0 Å². The molecule has 2 atom stereocenters. The number of aryl methyl sites for hydroxylation is 1. The Morgan fingerprint density at radius 3 is 1.83 bits per heavy atom. The lowest BCUT2D eigenvalue weighted by molar-refractivity contribution is -0.137. The van der Waals surface area contributed by atoms with Gasteiger partial charge >= 0.3 is 6.18 Å². The minimum atomic E-state index is -4.57. The van der Waals surface area contributed by atoms with Crippen LogP contribution in [0.1, 0.15) is 22.7 Å². The molecule has 0 radical (unpaired) electrons. The summed E-state index contributed by atoms with van der Waals surface area (Å²) in [6, 6.07) is 27.2. The number of para-hydroxylation sites is 2. The summed E-state index contributed by atoms with van der Waals surface area (Å²) in [5.74, 6) is -1.52. The number of amides is 1. The molecule has 0 N–H and O–H groups in total. The number of sulfonamides is 1. The van der Waals surface area contributed by atoms with Crippen molar-refractivity contribution in [2.24, 2.45) is 5.92 Å². The summed E-state index contributed by atoms with van der Waals surface area (Å²) in [4.78, 5) is 16.0. The predicted molar refractivity (Wildman–Crippen MR) is 152 cm³/mol. The highest BCUT2D eigenvalue weighted by Crippen LogP contribution is 2.46. The highest BCUT2D eigenvalue weighted by Gasteiger charge is 2.49. The number of halogens is 3. The molecule has 4 aromatic rings. The van der Waals surface area contributed by atoms with Crippen molar-refractivity contribution in [3.8, 4) is 0 Å². The number of hydrogen-bond donors (Lipinski definition) is 0. The molecule has 4 aromatic carbocycles. The normalized spacial score (nSPS) is 17.9. The summed E-state index contributed by atoms with van der Waals surface area (Å²) >= 11 is 0. The van der Waals surface area contributed by atoms with E-state index in [0.717, 1.165) is 17.7 Å². The molecule has 5 rings (SSSR count). The quantitative estimate of drug-likeness (QED) is 0.227. The first-order valence-corrected chi connectivity index (χ1v) is 14.3. The van der Waals surface area contributed by atoms with Crippen LogP contribution in [0.4, 0.5) is 24.5 Å². The van der Waals surface area contributed by atoms with Gasteiger partial charge in [0.05, 0.1) is 22.4 Å². The van der Waals surface area contributed by atoms with Gasteiger partial charge in [0.25, 0.3) is 0 Å². The zero-order valence-electron chi connectivity index (χ0n) is 22.1. The van der Waals surface area contributed by atoms with Crippen molar-refractivity contribution in [1.29, 1.82) is 0 Å². The van der Waals surface area contributed by atoms with Crippen LogP contribution in [0.15, 0.2) is 126 Å². The lowest BCUT2D eigenvalue weighted by Gasteiger charge is -2.31. The Labute approximate surface area is 237 Å². The predicted octanol–water partition coefficient (Wildman–Crippen LogP) is 7.30. The molecule has 1 saturated heterocycles. The number of carbonyl (C=O) groups excluding carboxylic acids is 1. The van der Waals surface area contributed by atoms with Gasteiger partial charge in [-0.1, -0.05) is 72.8 Å². The van der Waals surface area contributed by atoms with E-state index in [4.69, 9.17) is 0 Å². The van der Waals surface area contributed by atoms with E-state index in [9.17, 15) is 26.4 Å². The Kier molecular flexibility index (Phi) is 7.59. The van der Waals surface area contributed by atoms with Crippen LogP contribution in [0.25, 0.3) is 0 Å². The molecule has 0 saturated carbocycles. The molecule has 0 aromatic heterocycles. The number of carbonyl (C=O) groups is 1. The molecule has 1 fully saturated rings. The third-order valence-electron chi connectivity index (χ3n) is 7.15. The topological polar surface area (TPSA) is 57.7 Å². The van der Waals surface area contributed by atoms with E-state index in [1.807, 2.05) is 19.1 Å². The summed E-state index contributed by atoms with van der Waals surface area (Å²) in [5.41, 5.74) is 1.71. The first-order valence-electron chi connectivity index (χ1n) is 12.9. The van der Waals surface area contributed by atoms with Gasteiger partial charge in [0, 0.05) is 17.9 Å². The Hall–Kier alpha value is -4.21. The number of nitrogens with zero attached hydrogens (tertiary/aromatic N) is 2. The van der Waals surface area contributed by atoms with Crippen LogP contribution in [-0.2, 0) is 21.0 Å². The Morgan fingerprint density at radius 1 is 0.829 bits per heavy atom. The summed E-state index contributed by atoms with van der Waals surface area (Å²) in [6.07, 6.45) is -4.57. The first-order chi connectivity index (χ1) is 19.5. The molecule has 0 aliphatic carbocycles. The van der Waals surface area contributed by atoms with Gasteiger partial charge in [-0.3, -0.25) is 9.69 Å². The van der Waals surface area contributed by atoms with E-state index in [1.165, 1.54) is 33.5 Å². The van der Waals surface area contributed by atoms with Gasteiger partial charge in [-0.2, -0.15) is 17.5 Å². The van der Waals surface area contributed by atoms with Gasteiger partial charge in [-0.25, -0.2) is 8.42 Å². The third-order valence-corrected chi connectivity index (χ3v) is 8.99. The zero-order valence-corrected chi connectivity index (χ0v) is 22.9. The minimum Gasteiger partial charge on any atom is -0.280 e. The van der Waals surface area contributed by atoms with Crippen LogP contribution in [-0.4, -0.2) is 25.2 Å². The average molecular weight is 577 g/mol. The largest absolute Gasteiger partial charge is 0.416 e. The van der Waals surface area contributed by atoms with Crippen LogP contribution in [0.5, 0.6) is 0 Å². The molecule has 1 amide bonds. The molecule has 41 heavy (non-hydrogen) atoms. The third kappa shape index (κ3) is 5.55. The summed E-state index contributed by atoms with van der Waals surface area (Å²) in [7, 11) is -4.17.